The van der Waals surface area contributed by atoms with Crippen molar-refractivity contribution >= 4 is 35.7 Å². The first-order valence-corrected chi connectivity index (χ1v) is 9.57. The maximum Gasteiger partial charge on any atom is 0.233 e. The average Bonchev–Trinajstić information content (AvgIpc) is 2.74. The van der Waals surface area contributed by atoms with Gasteiger partial charge in [0.2, 0.25) is 9.05 Å². The van der Waals surface area contributed by atoms with E-state index in [4.69, 9.17) is 15.4 Å². The molecular formula is C13H15BrClFO3S. The van der Waals surface area contributed by atoms with E-state index in [2.05, 4.69) is 15.9 Å². The topological polar surface area (TPSA) is 43.4 Å². The van der Waals surface area contributed by atoms with Crippen LogP contribution in [0.4, 0.5) is 4.39 Å². The molecule has 1 aliphatic rings. The summed E-state index contributed by atoms with van der Waals surface area (Å²) in [5, 5.41) is 0. The Bertz CT molecular complexity index is 585. The number of hydrogen-bond acceptors (Lipinski definition) is 3. The number of halogens is 3. The lowest BCUT2D eigenvalue weighted by molar-refractivity contribution is 0.165. The molecule has 0 atom stereocenters. The fraction of sp³-hybridized carbons (Fsp3) is 0.538. The molecule has 0 amide bonds. The van der Waals surface area contributed by atoms with Crippen LogP contribution in [0.5, 0.6) is 5.75 Å². The van der Waals surface area contributed by atoms with Gasteiger partial charge in [-0.05, 0) is 31.0 Å². The highest BCUT2D eigenvalue weighted by Crippen LogP contribution is 2.40. The summed E-state index contributed by atoms with van der Waals surface area (Å²) in [5.74, 6) is -0.465. The lowest BCUT2D eigenvalue weighted by Gasteiger charge is -2.27. The quantitative estimate of drug-likeness (QED) is 0.717. The molecule has 0 unspecified atom stereocenters. The van der Waals surface area contributed by atoms with Gasteiger partial charge >= 0.3 is 0 Å². The second kappa shape index (κ2) is 6.20. The van der Waals surface area contributed by atoms with E-state index in [9.17, 15) is 12.8 Å². The van der Waals surface area contributed by atoms with Crippen molar-refractivity contribution in [3.05, 3.63) is 28.5 Å². The van der Waals surface area contributed by atoms with E-state index >= 15 is 0 Å². The predicted molar refractivity (Wildman–Crippen MR) is 80.1 cm³/mol. The minimum absolute atomic E-state index is 0.125. The minimum atomic E-state index is -3.60. The second-order valence-electron chi connectivity index (χ2n) is 5.25. The van der Waals surface area contributed by atoms with Crippen LogP contribution in [0, 0.1) is 11.2 Å². The third-order valence-electron chi connectivity index (χ3n) is 3.57. The van der Waals surface area contributed by atoms with E-state index < -0.39 is 20.3 Å². The summed E-state index contributed by atoms with van der Waals surface area (Å²) in [4.78, 5) is 0. The molecule has 0 heterocycles. The van der Waals surface area contributed by atoms with Crippen LogP contribution >= 0.6 is 26.6 Å². The van der Waals surface area contributed by atoms with Gasteiger partial charge in [-0.2, -0.15) is 0 Å². The van der Waals surface area contributed by atoms with Gasteiger partial charge in [0.25, 0.3) is 0 Å². The molecule has 1 fully saturated rings. The van der Waals surface area contributed by atoms with E-state index in [1.807, 2.05) is 0 Å². The van der Waals surface area contributed by atoms with Crippen molar-refractivity contribution in [3.63, 3.8) is 0 Å². The lowest BCUT2D eigenvalue weighted by atomic mass is 9.90. The molecule has 1 saturated carbocycles. The van der Waals surface area contributed by atoms with E-state index in [-0.39, 0.29) is 18.1 Å². The van der Waals surface area contributed by atoms with Gasteiger partial charge in [0, 0.05) is 20.6 Å². The molecule has 0 saturated heterocycles. The fourth-order valence-electron chi connectivity index (χ4n) is 2.64. The first kappa shape index (κ1) is 16.0. The fourth-order valence-corrected chi connectivity index (χ4v) is 4.78. The SMILES string of the molecule is O=S(=O)(Cl)CC1(COc2ccc(Br)cc2F)CCCC1. The van der Waals surface area contributed by atoms with Crippen LogP contribution in [0.25, 0.3) is 0 Å². The summed E-state index contributed by atoms with van der Waals surface area (Å²) in [5.41, 5.74) is -0.500. The van der Waals surface area contributed by atoms with E-state index in [0.29, 0.717) is 4.47 Å². The van der Waals surface area contributed by atoms with Crippen LogP contribution in [0.15, 0.2) is 22.7 Å². The monoisotopic (exact) mass is 384 g/mol. The van der Waals surface area contributed by atoms with Gasteiger partial charge in [0.15, 0.2) is 11.6 Å². The van der Waals surface area contributed by atoms with Crippen molar-refractivity contribution in [2.75, 3.05) is 12.4 Å². The zero-order valence-corrected chi connectivity index (χ0v) is 13.9. The predicted octanol–water partition coefficient (Wildman–Crippen LogP) is 4.10. The van der Waals surface area contributed by atoms with Crippen LogP contribution in [0.2, 0.25) is 0 Å². The van der Waals surface area contributed by atoms with Crippen LogP contribution in [-0.4, -0.2) is 20.8 Å². The Morgan fingerprint density at radius 1 is 1.35 bits per heavy atom. The normalized spacial score (nSPS) is 18.1. The van der Waals surface area contributed by atoms with Crippen molar-refractivity contribution in [3.8, 4) is 5.75 Å². The zero-order valence-electron chi connectivity index (χ0n) is 10.7. The number of rotatable bonds is 5. The maximum atomic E-state index is 13.7. The first-order chi connectivity index (χ1) is 9.30. The second-order valence-corrected chi connectivity index (χ2v) is 8.95. The highest BCUT2D eigenvalue weighted by Gasteiger charge is 2.38. The third kappa shape index (κ3) is 4.33. The average molecular weight is 386 g/mol. The Morgan fingerprint density at radius 3 is 2.55 bits per heavy atom. The highest BCUT2D eigenvalue weighted by molar-refractivity contribution is 9.10. The Balaban J connectivity index is 2.09. The van der Waals surface area contributed by atoms with E-state index in [0.717, 1.165) is 25.7 Å². The highest BCUT2D eigenvalue weighted by atomic mass is 79.9. The van der Waals surface area contributed by atoms with Gasteiger partial charge in [-0.25, -0.2) is 12.8 Å². The summed E-state index contributed by atoms with van der Waals surface area (Å²) in [6.45, 7) is 0.164. The van der Waals surface area contributed by atoms with E-state index in [1.165, 1.54) is 12.1 Å². The van der Waals surface area contributed by atoms with Gasteiger partial charge in [-0.15, -0.1) is 0 Å². The molecule has 7 heteroatoms. The zero-order chi connectivity index (χ0) is 14.8. The van der Waals surface area contributed by atoms with Crippen molar-refractivity contribution in [2.45, 2.75) is 25.7 Å². The molecule has 1 aromatic carbocycles. The molecule has 1 aromatic rings. The molecule has 3 nitrogen and oxygen atoms in total. The molecule has 0 aliphatic heterocycles. The molecule has 0 spiro atoms. The maximum absolute atomic E-state index is 13.7. The molecule has 1 aliphatic carbocycles. The Morgan fingerprint density at radius 2 is 2.00 bits per heavy atom. The van der Waals surface area contributed by atoms with Crippen molar-refractivity contribution in [2.24, 2.45) is 5.41 Å². The minimum Gasteiger partial charge on any atom is -0.490 e. The Labute approximate surface area is 131 Å². The summed E-state index contributed by atoms with van der Waals surface area (Å²) < 4.78 is 42.5. The van der Waals surface area contributed by atoms with Gasteiger partial charge in [-0.1, -0.05) is 28.8 Å². The summed E-state index contributed by atoms with van der Waals surface area (Å²) >= 11 is 3.17. The summed E-state index contributed by atoms with van der Waals surface area (Å²) in [6, 6.07) is 4.52. The molecular weight excluding hydrogens is 371 g/mol. The van der Waals surface area contributed by atoms with Crippen molar-refractivity contribution < 1.29 is 17.5 Å². The van der Waals surface area contributed by atoms with Crippen molar-refractivity contribution in [1.29, 1.82) is 0 Å². The van der Waals surface area contributed by atoms with Crippen LogP contribution in [0.3, 0.4) is 0 Å². The van der Waals surface area contributed by atoms with Gasteiger partial charge in [0.05, 0.1) is 12.4 Å². The third-order valence-corrected chi connectivity index (χ3v) is 5.35. The van der Waals surface area contributed by atoms with E-state index in [1.54, 1.807) is 6.07 Å². The summed E-state index contributed by atoms with van der Waals surface area (Å²) in [6.07, 6.45) is 3.35. The molecule has 0 bridgehead atoms. The molecule has 20 heavy (non-hydrogen) atoms. The standard InChI is InChI=1S/C13H15BrClFO3S/c14-10-3-4-12(11(16)7-10)19-8-13(5-1-2-6-13)9-20(15,17)18/h3-4,7H,1-2,5-6,8-9H2. The number of hydrogen-bond donors (Lipinski definition) is 0. The number of ether oxygens (including phenoxy) is 1. The van der Waals surface area contributed by atoms with Gasteiger partial charge in [-0.3, -0.25) is 0 Å². The Kier molecular flexibility index (Phi) is 4.97. The summed E-state index contributed by atoms with van der Waals surface area (Å²) in [7, 11) is 1.78. The molecule has 0 radical (unpaired) electrons. The van der Waals surface area contributed by atoms with Crippen LogP contribution < -0.4 is 4.74 Å². The van der Waals surface area contributed by atoms with Crippen LogP contribution in [0.1, 0.15) is 25.7 Å². The number of benzene rings is 1. The molecule has 0 aromatic heterocycles. The Hall–Kier alpha value is -0.330. The lowest BCUT2D eigenvalue weighted by Crippen LogP contribution is -2.32. The van der Waals surface area contributed by atoms with Crippen LogP contribution in [-0.2, 0) is 9.05 Å². The first-order valence-electron chi connectivity index (χ1n) is 6.30. The molecule has 2 rings (SSSR count). The smallest absolute Gasteiger partial charge is 0.233 e. The molecule has 112 valence electrons. The molecule has 0 N–H and O–H groups in total. The van der Waals surface area contributed by atoms with Gasteiger partial charge < -0.3 is 4.74 Å². The largest absolute Gasteiger partial charge is 0.490 e. The van der Waals surface area contributed by atoms with Gasteiger partial charge in [0.1, 0.15) is 0 Å². The van der Waals surface area contributed by atoms with Crippen molar-refractivity contribution in [1.82, 2.24) is 0 Å².